The number of nitrogens with two attached hydrogens (primary N) is 1. The quantitative estimate of drug-likeness (QED) is 0.813. The smallest absolute Gasteiger partial charge is 0.134 e. The van der Waals surface area contributed by atoms with Crippen LogP contribution in [0.5, 0.6) is 5.75 Å². The van der Waals surface area contributed by atoms with Crippen LogP contribution in [0.1, 0.15) is 5.56 Å². The van der Waals surface area contributed by atoms with Crippen LogP contribution in [-0.2, 0) is 0 Å². The van der Waals surface area contributed by atoms with Crippen molar-refractivity contribution >= 4 is 29.1 Å². The maximum atomic E-state index is 9.58. The molecule has 2 atom stereocenters. The Labute approximate surface area is 155 Å². The third kappa shape index (κ3) is 3.25. The number of nitriles is 2. The molecule has 1 aliphatic heterocycles. The van der Waals surface area contributed by atoms with Gasteiger partial charge in [-0.25, -0.2) is 5.01 Å². The molecule has 0 bridgehead atoms. The molecule has 0 fully saturated rings. The van der Waals surface area contributed by atoms with Crippen LogP contribution in [0.2, 0.25) is 5.02 Å². The summed E-state index contributed by atoms with van der Waals surface area (Å²) in [6.45, 7) is 0. The number of rotatable bonds is 3. The van der Waals surface area contributed by atoms with Gasteiger partial charge in [-0.3, -0.25) is 0 Å². The lowest BCUT2D eigenvalue weighted by molar-refractivity contribution is 0.475. The van der Waals surface area contributed by atoms with E-state index in [9.17, 15) is 15.6 Å². The molecule has 0 aliphatic carbocycles. The summed E-state index contributed by atoms with van der Waals surface area (Å²) in [4.78, 5) is 0. The highest BCUT2D eigenvalue weighted by molar-refractivity contribution is 6.32. The summed E-state index contributed by atoms with van der Waals surface area (Å²) < 4.78 is 0. The number of hydrogen-bond donors (Lipinski definition) is 2. The van der Waals surface area contributed by atoms with Gasteiger partial charge in [-0.2, -0.15) is 15.6 Å². The predicted molar refractivity (Wildman–Crippen MR) is 100 cm³/mol. The summed E-state index contributed by atoms with van der Waals surface area (Å²) in [7, 11) is 0. The molecule has 2 aromatic rings. The van der Waals surface area contributed by atoms with E-state index >= 15 is 0 Å². The Morgan fingerprint density at radius 3 is 2.58 bits per heavy atom. The minimum absolute atomic E-state index is 0.0484. The Bertz CT molecular complexity index is 972. The summed E-state index contributed by atoms with van der Waals surface area (Å²) in [5.74, 6) is -0.804. The van der Waals surface area contributed by atoms with E-state index < -0.39 is 12.1 Å². The standard InChI is InChI=1S/C19H14ClN5O/c20-16-9-12(6-7-17(16)26)8-13(10-21)18-15(11-22)19(23)25(24-18)14-4-2-1-3-5-14/h1-9,15,19,26H,23H2/b13-8-/t15-,19-/m0/s1. The van der Waals surface area contributed by atoms with Crippen molar-refractivity contribution in [2.45, 2.75) is 6.17 Å². The maximum absolute atomic E-state index is 9.58. The minimum atomic E-state index is -0.756. The van der Waals surface area contributed by atoms with E-state index in [1.807, 2.05) is 30.3 Å². The van der Waals surface area contributed by atoms with Crippen LogP contribution in [0.3, 0.4) is 0 Å². The number of para-hydroxylation sites is 1. The molecule has 7 heteroatoms. The fraction of sp³-hybridized carbons (Fsp3) is 0.105. The molecule has 0 radical (unpaired) electrons. The predicted octanol–water partition coefficient (Wildman–Crippen LogP) is 3.25. The van der Waals surface area contributed by atoms with Crippen LogP contribution in [0, 0.1) is 28.6 Å². The van der Waals surface area contributed by atoms with Crippen LogP contribution in [0.25, 0.3) is 6.08 Å². The number of anilines is 1. The molecular formula is C19H14ClN5O. The normalized spacial score (nSPS) is 19.6. The monoisotopic (exact) mass is 363 g/mol. The van der Waals surface area contributed by atoms with Gasteiger partial charge in [-0.05, 0) is 35.9 Å². The van der Waals surface area contributed by atoms with E-state index in [-0.39, 0.29) is 16.3 Å². The zero-order valence-electron chi connectivity index (χ0n) is 13.5. The molecule has 3 N–H and O–H groups in total. The Morgan fingerprint density at radius 1 is 1.23 bits per heavy atom. The van der Waals surface area contributed by atoms with Gasteiger partial charge in [0.15, 0.2) is 0 Å². The first-order chi connectivity index (χ1) is 12.5. The van der Waals surface area contributed by atoms with E-state index in [1.54, 1.807) is 12.1 Å². The number of phenols is 1. The van der Waals surface area contributed by atoms with Crippen molar-refractivity contribution in [2.24, 2.45) is 16.8 Å². The Balaban J connectivity index is 2.03. The number of halogens is 1. The first kappa shape index (κ1) is 17.5. The highest BCUT2D eigenvalue weighted by Crippen LogP contribution is 2.30. The zero-order valence-corrected chi connectivity index (χ0v) is 14.3. The molecule has 6 nitrogen and oxygen atoms in total. The summed E-state index contributed by atoms with van der Waals surface area (Å²) >= 11 is 5.91. The van der Waals surface area contributed by atoms with Crippen molar-refractivity contribution in [3.8, 4) is 17.9 Å². The summed E-state index contributed by atoms with van der Waals surface area (Å²) in [5.41, 5.74) is 8.04. The van der Waals surface area contributed by atoms with Crippen molar-refractivity contribution in [3.63, 3.8) is 0 Å². The van der Waals surface area contributed by atoms with Crippen LogP contribution < -0.4 is 10.7 Å². The SMILES string of the molecule is N#C/C(=C/c1ccc(O)c(Cl)c1)C1=NN(c2ccccc2)[C@H](N)[C@H]1C#N. The first-order valence-corrected chi connectivity index (χ1v) is 8.11. The zero-order chi connectivity index (χ0) is 18.7. The van der Waals surface area contributed by atoms with E-state index in [4.69, 9.17) is 17.3 Å². The average Bonchev–Trinajstić information content (AvgIpc) is 2.99. The number of allylic oxidation sites excluding steroid dienone is 1. The summed E-state index contributed by atoms with van der Waals surface area (Å²) in [6.07, 6.45) is 0.868. The fourth-order valence-corrected chi connectivity index (χ4v) is 2.85. The molecule has 2 aromatic carbocycles. The Hall–Kier alpha value is -3.32. The second-order valence-electron chi connectivity index (χ2n) is 5.64. The highest BCUT2D eigenvalue weighted by atomic mass is 35.5. The van der Waals surface area contributed by atoms with E-state index in [1.165, 1.54) is 17.1 Å². The van der Waals surface area contributed by atoms with Crippen LogP contribution in [0.15, 0.2) is 59.2 Å². The van der Waals surface area contributed by atoms with Gasteiger partial charge in [0.2, 0.25) is 0 Å². The lowest BCUT2D eigenvalue weighted by Gasteiger charge is -2.21. The number of phenolic OH excluding ortho intramolecular Hbond substituents is 1. The maximum Gasteiger partial charge on any atom is 0.134 e. The second kappa shape index (κ2) is 7.28. The topological polar surface area (TPSA) is 109 Å². The molecular weight excluding hydrogens is 350 g/mol. The molecule has 3 rings (SSSR count). The van der Waals surface area contributed by atoms with Gasteiger partial charge in [0.25, 0.3) is 0 Å². The molecule has 1 aliphatic rings. The Morgan fingerprint density at radius 2 is 1.96 bits per heavy atom. The van der Waals surface area contributed by atoms with Crippen LogP contribution in [-0.4, -0.2) is 17.0 Å². The lowest BCUT2D eigenvalue weighted by atomic mass is 9.95. The van der Waals surface area contributed by atoms with Crippen molar-refractivity contribution in [3.05, 3.63) is 64.7 Å². The van der Waals surface area contributed by atoms with Gasteiger partial charge >= 0.3 is 0 Å². The van der Waals surface area contributed by atoms with E-state index in [0.717, 1.165) is 5.69 Å². The van der Waals surface area contributed by atoms with Gasteiger partial charge in [0.05, 0.1) is 28.1 Å². The number of nitrogens with zero attached hydrogens (tertiary/aromatic N) is 4. The van der Waals surface area contributed by atoms with Crippen molar-refractivity contribution < 1.29 is 5.11 Å². The van der Waals surface area contributed by atoms with Gasteiger partial charge in [-0.15, -0.1) is 0 Å². The highest BCUT2D eigenvalue weighted by Gasteiger charge is 2.37. The summed E-state index contributed by atoms with van der Waals surface area (Å²) in [5, 5.41) is 34.8. The van der Waals surface area contributed by atoms with Gasteiger partial charge < -0.3 is 10.8 Å². The molecule has 26 heavy (non-hydrogen) atoms. The molecule has 0 amide bonds. The number of hydrogen-bond acceptors (Lipinski definition) is 6. The largest absolute Gasteiger partial charge is 0.506 e. The Kier molecular flexibility index (Phi) is 4.90. The van der Waals surface area contributed by atoms with Crippen molar-refractivity contribution in [1.82, 2.24) is 0 Å². The van der Waals surface area contributed by atoms with Crippen molar-refractivity contribution in [1.29, 1.82) is 10.5 Å². The number of hydrazone groups is 1. The molecule has 128 valence electrons. The average molecular weight is 364 g/mol. The molecule has 0 saturated carbocycles. The van der Waals surface area contributed by atoms with E-state index in [0.29, 0.717) is 11.3 Å². The molecule has 1 heterocycles. The van der Waals surface area contributed by atoms with E-state index in [2.05, 4.69) is 17.2 Å². The van der Waals surface area contributed by atoms with Gasteiger partial charge in [0, 0.05) is 0 Å². The molecule has 0 unspecified atom stereocenters. The van der Waals surface area contributed by atoms with Gasteiger partial charge in [0.1, 0.15) is 23.9 Å². The second-order valence-corrected chi connectivity index (χ2v) is 6.05. The fourth-order valence-electron chi connectivity index (χ4n) is 2.66. The van der Waals surface area contributed by atoms with Gasteiger partial charge in [-0.1, -0.05) is 35.9 Å². The number of benzene rings is 2. The number of aromatic hydroxyl groups is 1. The molecule has 0 spiro atoms. The summed E-state index contributed by atoms with van der Waals surface area (Å²) in [6, 6.07) is 18.0. The minimum Gasteiger partial charge on any atom is -0.506 e. The van der Waals surface area contributed by atoms with Crippen LogP contribution >= 0.6 is 11.6 Å². The molecule has 0 aromatic heterocycles. The third-order valence-electron chi connectivity index (χ3n) is 3.97. The third-order valence-corrected chi connectivity index (χ3v) is 4.28. The van der Waals surface area contributed by atoms with Crippen molar-refractivity contribution in [2.75, 3.05) is 5.01 Å². The lowest BCUT2D eigenvalue weighted by Crippen LogP contribution is -2.40. The van der Waals surface area contributed by atoms with Crippen LogP contribution in [0.4, 0.5) is 5.69 Å². The first-order valence-electron chi connectivity index (χ1n) is 7.74. The molecule has 0 saturated heterocycles.